The second-order valence-corrected chi connectivity index (χ2v) is 5.26. The van der Waals surface area contributed by atoms with Crippen LogP contribution in [0.25, 0.3) is 5.69 Å². The maximum Gasteiger partial charge on any atom is 0.280 e. The van der Waals surface area contributed by atoms with E-state index >= 15 is 0 Å². The molecule has 5 heteroatoms. The summed E-state index contributed by atoms with van der Waals surface area (Å²) in [5.74, 6) is 0. The molecule has 0 aliphatic rings. The number of benzene rings is 2. The second kappa shape index (κ2) is 6.36. The second-order valence-electron chi connectivity index (χ2n) is 5.26. The summed E-state index contributed by atoms with van der Waals surface area (Å²) in [6.07, 6.45) is 0. The smallest absolute Gasteiger partial charge is 0.280 e. The summed E-state index contributed by atoms with van der Waals surface area (Å²) >= 11 is 0. The van der Waals surface area contributed by atoms with Crippen molar-refractivity contribution < 1.29 is 0 Å². The van der Waals surface area contributed by atoms with E-state index in [0.717, 1.165) is 17.1 Å². The lowest BCUT2D eigenvalue weighted by molar-refractivity contribution is 0.835. The van der Waals surface area contributed by atoms with Crippen molar-refractivity contribution in [1.29, 1.82) is 0 Å². The molecule has 0 saturated carbocycles. The molecule has 23 heavy (non-hydrogen) atoms. The summed E-state index contributed by atoms with van der Waals surface area (Å²) in [4.78, 5) is 12.7. The first-order valence-corrected chi connectivity index (χ1v) is 7.39. The first kappa shape index (κ1) is 14.8. The number of hydrogen-bond acceptors (Lipinski definition) is 3. The van der Waals surface area contributed by atoms with Crippen LogP contribution in [0.15, 0.2) is 70.6 Å². The lowest BCUT2D eigenvalue weighted by Crippen LogP contribution is -2.20. The summed E-state index contributed by atoms with van der Waals surface area (Å²) in [5, 5.41) is 7.43. The van der Waals surface area contributed by atoms with Crippen LogP contribution in [-0.4, -0.2) is 15.5 Å². The quantitative estimate of drug-likeness (QED) is 0.574. The first-order chi connectivity index (χ1) is 11.2. The number of nitrogens with zero attached hydrogens (tertiary/aromatic N) is 2. The molecule has 3 aromatic rings. The Morgan fingerprint density at radius 2 is 1.65 bits per heavy atom. The van der Waals surface area contributed by atoms with Gasteiger partial charge in [-0.2, -0.15) is 5.10 Å². The molecule has 0 saturated heterocycles. The molecule has 2 aromatic carbocycles. The van der Waals surface area contributed by atoms with Crippen molar-refractivity contribution in [3.8, 4) is 5.69 Å². The Kier molecular flexibility index (Phi) is 4.10. The Morgan fingerprint density at radius 1 is 1.04 bits per heavy atom. The highest BCUT2D eigenvalue weighted by Crippen LogP contribution is 2.09. The van der Waals surface area contributed by atoms with Crippen molar-refractivity contribution in [2.24, 2.45) is 5.10 Å². The molecule has 0 radical (unpaired) electrons. The molecule has 0 aliphatic carbocycles. The molecule has 0 fully saturated rings. The molecule has 1 heterocycles. The average Bonchev–Trinajstić information content (AvgIpc) is 2.89. The molecule has 116 valence electrons. The van der Waals surface area contributed by atoms with Gasteiger partial charge in [-0.15, -0.1) is 0 Å². The third-order valence-corrected chi connectivity index (χ3v) is 3.57. The van der Waals surface area contributed by atoms with Gasteiger partial charge in [0.1, 0.15) is 0 Å². The number of aromatic amines is 1. The predicted molar refractivity (Wildman–Crippen MR) is 93.4 cm³/mol. The van der Waals surface area contributed by atoms with E-state index in [0.29, 0.717) is 11.3 Å². The van der Waals surface area contributed by atoms with E-state index in [1.165, 1.54) is 4.68 Å². The maximum atomic E-state index is 12.7. The topological polar surface area (TPSA) is 62.2 Å². The van der Waals surface area contributed by atoms with Crippen LogP contribution in [0, 0.1) is 6.92 Å². The van der Waals surface area contributed by atoms with Gasteiger partial charge in [-0.05, 0) is 38.1 Å². The van der Waals surface area contributed by atoms with E-state index < -0.39 is 0 Å². The van der Waals surface area contributed by atoms with Gasteiger partial charge in [0.25, 0.3) is 5.56 Å². The Morgan fingerprint density at radius 3 is 2.30 bits per heavy atom. The minimum Gasteiger partial charge on any atom is -0.295 e. The van der Waals surface area contributed by atoms with E-state index in [1.54, 1.807) is 0 Å². The number of hydrogen-bond donors (Lipinski definition) is 2. The van der Waals surface area contributed by atoms with Crippen LogP contribution in [0.1, 0.15) is 18.2 Å². The van der Waals surface area contributed by atoms with Gasteiger partial charge >= 0.3 is 0 Å². The van der Waals surface area contributed by atoms with E-state index in [9.17, 15) is 4.79 Å². The fraction of sp³-hybridized carbons (Fsp3) is 0.111. The molecule has 0 amide bonds. The highest BCUT2D eigenvalue weighted by molar-refractivity contribution is 5.99. The van der Waals surface area contributed by atoms with Crippen LogP contribution in [0.2, 0.25) is 0 Å². The minimum absolute atomic E-state index is 0.107. The van der Waals surface area contributed by atoms with Gasteiger partial charge in [0, 0.05) is 5.69 Å². The minimum atomic E-state index is -0.107. The third-order valence-electron chi connectivity index (χ3n) is 3.57. The molecule has 1 aromatic heterocycles. The van der Waals surface area contributed by atoms with Gasteiger partial charge in [0.05, 0.1) is 22.6 Å². The molecule has 2 N–H and O–H groups in total. The Hall–Kier alpha value is -3.08. The SMILES string of the molecule is C/C(=N/Nc1ccccc1)c1c(C)[nH]n(-c2ccccc2)c1=O. The maximum absolute atomic E-state index is 12.7. The number of aromatic nitrogens is 2. The summed E-state index contributed by atoms with van der Waals surface area (Å²) in [6.45, 7) is 3.69. The number of aryl methyl sites for hydroxylation is 1. The van der Waals surface area contributed by atoms with Crippen LogP contribution >= 0.6 is 0 Å². The number of hydrazone groups is 1. The zero-order valence-electron chi connectivity index (χ0n) is 13.1. The van der Waals surface area contributed by atoms with Crippen molar-refractivity contribution in [3.63, 3.8) is 0 Å². The number of anilines is 1. The van der Waals surface area contributed by atoms with Crippen molar-refractivity contribution in [2.75, 3.05) is 5.43 Å². The highest BCUT2D eigenvalue weighted by atomic mass is 16.1. The van der Waals surface area contributed by atoms with Crippen LogP contribution in [-0.2, 0) is 0 Å². The lowest BCUT2D eigenvalue weighted by Gasteiger charge is -2.01. The number of rotatable bonds is 4. The molecule has 0 spiro atoms. The Bertz CT molecular complexity index is 876. The average molecular weight is 306 g/mol. The van der Waals surface area contributed by atoms with Crippen LogP contribution in [0.3, 0.4) is 0 Å². The van der Waals surface area contributed by atoms with Crippen LogP contribution in [0.4, 0.5) is 5.69 Å². The van der Waals surface area contributed by atoms with E-state index in [2.05, 4.69) is 15.6 Å². The molecule has 0 unspecified atom stereocenters. The largest absolute Gasteiger partial charge is 0.295 e. The van der Waals surface area contributed by atoms with Crippen molar-refractivity contribution >= 4 is 11.4 Å². The van der Waals surface area contributed by atoms with Crippen molar-refractivity contribution in [3.05, 3.63) is 82.3 Å². The van der Waals surface area contributed by atoms with Gasteiger partial charge < -0.3 is 0 Å². The van der Waals surface area contributed by atoms with Gasteiger partial charge in [0.2, 0.25) is 0 Å². The highest BCUT2D eigenvalue weighted by Gasteiger charge is 2.14. The Labute approximate surface area is 134 Å². The summed E-state index contributed by atoms with van der Waals surface area (Å²) < 4.78 is 1.53. The molecule has 5 nitrogen and oxygen atoms in total. The summed E-state index contributed by atoms with van der Waals surface area (Å²) in [6, 6.07) is 19.1. The fourth-order valence-corrected chi connectivity index (χ4v) is 2.45. The summed E-state index contributed by atoms with van der Waals surface area (Å²) in [5.41, 5.74) is 6.55. The fourth-order valence-electron chi connectivity index (χ4n) is 2.45. The number of H-pyrrole nitrogens is 1. The Balaban J connectivity index is 1.94. The normalized spacial score (nSPS) is 11.5. The first-order valence-electron chi connectivity index (χ1n) is 7.39. The molecule has 0 atom stereocenters. The standard InChI is InChI=1S/C18H18N4O/c1-13(19-20-15-9-5-3-6-10-15)17-14(2)21-22(18(17)23)16-11-7-4-8-12-16/h3-12,20-21H,1-2H3/b19-13-. The third kappa shape index (κ3) is 3.08. The van der Waals surface area contributed by atoms with E-state index in [1.807, 2.05) is 74.5 Å². The summed E-state index contributed by atoms with van der Waals surface area (Å²) in [7, 11) is 0. The van der Waals surface area contributed by atoms with Crippen LogP contribution < -0.4 is 11.0 Å². The molecule has 0 bridgehead atoms. The molecular weight excluding hydrogens is 288 g/mol. The lowest BCUT2D eigenvalue weighted by atomic mass is 10.2. The van der Waals surface area contributed by atoms with Gasteiger partial charge in [0.15, 0.2) is 0 Å². The molecule has 3 rings (SSSR count). The monoisotopic (exact) mass is 306 g/mol. The predicted octanol–water partition coefficient (Wildman–Crippen LogP) is 3.31. The van der Waals surface area contributed by atoms with Crippen molar-refractivity contribution in [1.82, 2.24) is 9.78 Å². The van der Waals surface area contributed by atoms with Gasteiger partial charge in [-0.3, -0.25) is 15.3 Å². The van der Waals surface area contributed by atoms with E-state index in [-0.39, 0.29) is 5.56 Å². The van der Waals surface area contributed by atoms with Gasteiger partial charge in [-0.1, -0.05) is 36.4 Å². The number of para-hydroxylation sites is 2. The zero-order chi connectivity index (χ0) is 16.2. The molecular formula is C18H18N4O. The number of nitrogens with one attached hydrogen (secondary N) is 2. The van der Waals surface area contributed by atoms with Crippen molar-refractivity contribution in [2.45, 2.75) is 13.8 Å². The van der Waals surface area contributed by atoms with Crippen LogP contribution in [0.5, 0.6) is 0 Å². The van der Waals surface area contributed by atoms with E-state index in [4.69, 9.17) is 0 Å². The van der Waals surface area contributed by atoms with Gasteiger partial charge in [-0.25, -0.2) is 4.68 Å². The molecule has 0 aliphatic heterocycles. The zero-order valence-corrected chi connectivity index (χ0v) is 13.1.